The highest BCUT2D eigenvalue weighted by Gasteiger charge is 2.28. The van der Waals surface area contributed by atoms with Crippen LogP contribution >= 0.6 is 0 Å². The minimum atomic E-state index is -0.846. The average molecular weight is 204 g/mol. The Hall–Kier alpha value is -0.380. The van der Waals surface area contributed by atoms with Gasteiger partial charge >= 0.3 is 5.97 Å². The summed E-state index contributed by atoms with van der Waals surface area (Å²) in [7, 11) is 0.517. The van der Waals surface area contributed by atoms with Crippen molar-refractivity contribution < 1.29 is 13.7 Å². The zero-order chi connectivity index (χ0) is 9.84. The Bertz CT molecular complexity index is 211. The minimum absolute atomic E-state index is 0.0576. The van der Waals surface area contributed by atoms with E-state index in [1.54, 1.807) is 0 Å². The van der Waals surface area contributed by atoms with Crippen LogP contribution in [0.5, 0.6) is 0 Å². The van der Waals surface area contributed by atoms with Gasteiger partial charge < -0.3 is 4.74 Å². The zero-order valence-electron chi connectivity index (χ0n) is 8.12. The first kappa shape index (κ1) is 10.7. The molecule has 0 aromatic carbocycles. The summed E-state index contributed by atoms with van der Waals surface area (Å²) in [6.45, 7) is 1.85. The largest absolute Gasteiger partial charge is 0.469 e. The third kappa shape index (κ3) is 2.79. The summed E-state index contributed by atoms with van der Waals surface area (Å²) in [5, 5.41) is 0.275. The van der Waals surface area contributed by atoms with Crippen molar-refractivity contribution in [2.75, 3.05) is 7.11 Å². The first-order chi connectivity index (χ1) is 6.15. The molecule has 76 valence electrons. The number of carbonyl (C=O) groups excluding carboxylic acids is 1. The van der Waals surface area contributed by atoms with Crippen LogP contribution in [0.1, 0.15) is 32.6 Å². The van der Waals surface area contributed by atoms with Crippen molar-refractivity contribution in [3.8, 4) is 0 Å². The molecular weight excluding hydrogens is 188 g/mol. The van der Waals surface area contributed by atoms with Crippen molar-refractivity contribution in [2.24, 2.45) is 0 Å². The molecule has 1 aliphatic carbocycles. The average Bonchev–Trinajstić information content (AvgIpc) is 2.00. The summed E-state index contributed by atoms with van der Waals surface area (Å²) in [6.07, 6.45) is 3.57. The van der Waals surface area contributed by atoms with Crippen LogP contribution in [0.25, 0.3) is 0 Å². The van der Waals surface area contributed by atoms with Gasteiger partial charge in [0.2, 0.25) is 0 Å². The van der Waals surface area contributed by atoms with Crippen molar-refractivity contribution in [3.63, 3.8) is 0 Å². The van der Waals surface area contributed by atoms with Gasteiger partial charge in [0.1, 0.15) is 0 Å². The fraction of sp³-hybridized carbons (Fsp3) is 0.889. The molecule has 0 spiro atoms. The first-order valence-electron chi connectivity index (χ1n) is 4.61. The molecule has 13 heavy (non-hydrogen) atoms. The van der Waals surface area contributed by atoms with Crippen molar-refractivity contribution in [1.29, 1.82) is 0 Å². The van der Waals surface area contributed by atoms with Crippen LogP contribution in [0, 0.1) is 0 Å². The number of hydrogen-bond acceptors (Lipinski definition) is 3. The van der Waals surface area contributed by atoms with Gasteiger partial charge in [0.15, 0.2) is 0 Å². The van der Waals surface area contributed by atoms with Gasteiger partial charge in [-0.15, -0.1) is 0 Å². The van der Waals surface area contributed by atoms with Gasteiger partial charge in [0.05, 0.1) is 13.5 Å². The van der Waals surface area contributed by atoms with E-state index in [1.165, 1.54) is 13.5 Å². The van der Waals surface area contributed by atoms with Crippen LogP contribution in [0.2, 0.25) is 0 Å². The lowest BCUT2D eigenvalue weighted by Gasteiger charge is -2.27. The van der Waals surface area contributed by atoms with E-state index in [1.807, 2.05) is 6.92 Å². The van der Waals surface area contributed by atoms with Gasteiger partial charge in [0.25, 0.3) is 0 Å². The van der Waals surface area contributed by atoms with Crippen molar-refractivity contribution in [1.82, 2.24) is 0 Å². The Labute approximate surface area is 81.3 Å². The van der Waals surface area contributed by atoms with E-state index in [0.29, 0.717) is 5.25 Å². The van der Waals surface area contributed by atoms with Crippen molar-refractivity contribution in [3.05, 3.63) is 0 Å². The number of carbonyl (C=O) groups is 1. The summed E-state index contributed by atoms with van der Waals surface area (Å²) in [4.78, 5) is 10.9. The molecule has 0 saturated heterocycles. The Morgan fingerprint density at radius 1 is 1.62 bits per heavy atom. The predicted molar refractivity (Wildman–Crippen MR) is 51.9 cm³/mol. The monoisotopic (exact) mass is 204 g/mol. The molecule has 1 fully saturated rings. The van der Waals surface area contributed by atoms with E-state index in [9.17, 15) is 9.00 Å². The second-order valence-electron chi connectivity index (χ2n) is 3.47. The summed E-state index contributed by atoms with van der Waals surface area (Å²) >= 11 is 0. The Morgan fingerprint density at radius 3 is 2.62 bits per heavy atom. The second kappa shape index (κ2) is 4.74. The number of esters is 1. The molecule has 1 aliphatic rings. The molecule has 0 heterocycles. The normalized spacial score (nSPS) is 21.7. The van der Waals surface area contributed by atoms with Gasteiger partial charge in [-0.25, -0.2) is 0 Å². The lowest BCUT2D eigenvalue weighted by atomic mass is 10.00. The quantitative estimate of drug-likeness (QED) is 0.647. The molecule has 1 saturated carbocycles. The van der Waals surface area contributed by atoms with E-state index in [2.05, 4.69) is 4.74 Å². The van der Waals surface area contributed by atoms with Gasteiger partial charge in [-0.2, -0.15) is 0 Å². The maximum absolute atomic E-state index is 11.7. The molecule has 0 N–H and O–H groups in total. The van der Waals surface area contributed by atoms with E-state index >= 15 is 0 Å². The zero-order valence-corrected chi connectivity index (χ0v) is 8.93. The van der Waals surface area contributed by atoms with E-state index in [-0.39, 0.29) is 17.6 Å². The van der Waals surface area contributed by atoms with E-state index < -0.39 is 10.8 Å². The summed E-state index contributed by atoms with van der Waals surface area (Å²) < 4.78 is 16.2. The lowest BCUT2D eigenvalue weighted by Crippen LogP contribution is -2.31. The minimum Gasteiger partial charge on any atom is -0.469 e. The van der Waals surface area contributed by atoms with Gasteiger partial charge in [0, 0.05) is 21.3 Å². The molecule has 2 atom stereocenters. The van der Waals surface area contributed by atoms with Gasteiger partial charge in [-0.1, -0.05) is 13.3 Å². The van der Waals surface area contributed by atoms with Gasteiger partial charge in [-0.05, 0) is 12.8 Å². The summed E-state index contributed by atoms with van der Waals surface area (Å²) in [6, 6.07) is 0. The molecule has 0 aromatic heterocycles. The fourth-order valence-electron chi connectivity index (χ4n) is 1.33. The fourth-order valence-corrected chi connectivity index (χ4v) is 3.09. The predicted octanol–water partition coefficient (Wildman–Crippen LogP) is 1.24. The molecule has 0 bridgehead atoms. The molecule has 3 nitrogen and oxygen atoms in total. The van der Waals surface area contributed by atoms with E-state index in [4.69, 9.17) is 0 Å². The molecule has 0 aliphatic heterocycles. The SMILES string of the molecule is COC(=O)CC(C)S(=O)C1CCC1. The Morgan fingerprint density at radius 2 is 2.23 bits per heavy atom. The topological polar surface area (TPSA) is 43.4 Å². The maximum atomic E-state index is 11.7. The smallest absolute Gasteiger partial charge is 0.306 e. The van der Waals surface area contributed by atoms with Crippen molar-refractivity contribution in [2.45, 2.75) is 43.1 Å². The number of methoxy groups -OCH3 is 1. The summed E-state index contributed by atoms with van der Waals surface area (Å²) in [5.41, 5.74) is 0. The molecule has 1 rings (SSSR count). The molecule has 0 amide bonds. The summed E-state index contributed by atoms with van der Waals surface area (Å²) in [5.74, 6) is -0.264. The third-order valence-electron chi connectivity index (χ3n) is 2.46. The molecule has 0 radical (unpaired) electrons. The van der Waals surface area contributed by atoms with Crippen LogP contribution in [0.4, 0.5) is 0 Å². The highest BCUT2D eigenvalue weighted by atomic mass is 32.2. The van der Waals surface area contributed by atoms with Crippen LogP contribution in [0.15, 0.2) is 0 Å². The molecule has 4 heteroatoms. The molecule has 2 unspecified atom stereocenters. The van der Waals surface area contributed by atoms with Crippen LogP contribution < -0.4 is 0 Å². The van der Waals surface area contributed by atoms with Crippen LogP contribution in [-0.2, 0) is 20.3 Å². The van der Waals surface area contributed by atoms with E-state index in [0.717, 1.165) is 12.8 Å². The standard InChI is InChI=1S/C9H16O3S/c1-7(6-9(10)12-2)13(11)8-4-3-5-8/h7-8H,3-6H2,1-2H3. The highest BCUT2D eigenvalue weighted by molar-refractivity contribution is 7.86. The number of rotatable bonds is 4. The maximum Gasteiger partial charge on any atom is 0.306 e. The van der Waals surface area contributed by atoms with Crippen molar-refractivity contribution >= 4 is 16.8 Å². The highest BCUT2D eigenvalue weighted by Crippen LogP contribution is 2.26. The Balaban J connectivity index is 2.33. The first-order valence-corrected chi connectivity index (χ1v) is 5.89. The Kier molecular flexibility index (Phi) is 3.90. The molecule has 0 aromatic rings. The number of hydrogen-bond donors (Lipinski definition) is 0. The number of ether oxygens (including phenoxy) is 1. The van der Waals surface area contributed by atoms with Gasteiger partial charge in [-0.3, -0.25) is 9.00 Å². The van der Waals surface area contributed by atoms with Crippen LogP contribution in [-0.4, -0.2) is 27.8 Å². The lowest BCUT2D eigenvalue weighted by molar-refractivity contribution is -0.140. The second-order valence-corrected chi connectivity index (χ2v) is 5.60. The third-order valence-corrected chi connectivity index (χ3v) is 4.55. The molecular formula is C9H16O3S. The van der Waals surface area contributed by atoms with Crippen LogP contribution in [0.3, 0.4) is 0 Å².